The molecule has 7 nitrogen and oxygen atoms in total. The zero-order valence-corrected chi connectivity index (χ0v) is 19.6. The standard InChI is InChI=1S/C27H28N2O5/c1-32-23-14-10-19(25(33-2)26(23)34-3)11-15-24(30)28-21-12-8-20(9-13-21)27(31)29-17-16-18-6-4-5-7-22(18)29/h4-10,12-14H,11,15-17H2,1-3H3,(H,28,30). The minimum Gasteiger partial charge on any atom is -0.493 e. The first-order valence-corrected chi connectivity index (χ1v) is 11.1. The van der Waals surface area contributed by atoms with Crippen LogP contribution in [-0.2, 0) is 17.6 Å². The lowest BCUT2D eigenvalue weighted by Gasteiger charge is -2.17. The van der Waals surface area contributed by atoms with Gasteiger partial charge in [0.2, 0.25) is 11.7 Å². The number of para-hydroxylation sites is 1. The zero-order valence-electron chi connectivity index (χ0n) is 19.6. The normalized spacial score (nSPS) is 12.1. The Kier molecular flexibility index (Phi) is 7.01. The van der Waals surface area contributed by atoms with Gasteiger partial charge in [-0.2, -0.15) is 0 Å². The number of carbonyl (C=O) groups excluding carboxylic acids is 2. The Morgan fingerprint density at radius 3 is 2.32 bits per heavy atom. The summed E-state index contributed by atoms with van der Waals surface area (Å²) in [5, 5.41) is 2.89. The molecule has 1 aliphatic rings. The maximum absolute atomic E-state index is 13.0. The fourth-order valence-electron chi connectivity index (χ4n) is 4.23. The monoisotopic (exact) mass is 460 g/mol. The summed E-state index contributed by atoms with van der Waals surface area (Å²) in [6.45, 7) is 0.677. The molecule has 0 aromatic heterocycles. The molecule has 1 aliphatic heterocycles. The van der Waals surface area contributed by atoms with E-state index in [1.165, 1.54) is 5.56 Å². The number of fused-ring (bicyclic) bond motifs is 1. The molecule has 0 saturated heterocycles. The van der Waals surface area contributed by atoms with Crippen molar-refractivity contribution in [2.45, 2.75) is 19.3 Å². The topological polar surface area (TPSA) is 77.1 Å². The van der Waals surface area contributed by atoms with Crippen LogP contribution in [0.25, 0.3) is 0 Å². The van der Waals surface area contributed by atoms with Gasteiger partial charge in [-0.25, -0.2) is 0 Å². The van der Waals surface area contributed by atoms with Gasteiger partial charge in [0.25, 0.3) is 5.91 Å². The third-order valence-electron chi connectivity index (χ3n) is 5.96. The van der Waals surface area contributed by atoms with Crippen molar-refractivity contribution in [3.05, 3.63) is 77.4 Å². The van der Waals surface area contributed by atoms with Crippen LogP contribution >= 0.6 is 0 Å². The largest absolute Gasteiger partial charge is 0.493 e. The molecule has 0 unspecified atom stereocenters. The van der Waals surface area contributed by atoms with Crippen molar-refractivity contribution in [2.24, 2.45) is 0 Å². The smallest absolute Gasteiger partial charge is 0.258 e. The van der Waals surface area contributed by atoms with Crippen molar-refractivity contribution in [1.29, 1.82) is 0 Å². The van der Waals surface area contributed by atoms with Gasteiger partial charge < -0.3 is 24.4 Å². The van der Waals surface area contributed by atoms with Gasteiger partial charge in [0, 0.05) is 29.9 Å². The number of nitrogens with one attached hydrogen (secondary N) is 1. The molecule has 0 saturated carbocycles. The second-order valence-corrected chi connectivity index (χ2v) is 7.95. The summed E-state index contributed by atoms with van der Waals surface area (Å²) in [4.78, 5) is 27.3. The lowest BCUT2D eigenvalue weighted by Crippen LogP contribution is -2.28. The van der Waals surface area contributed by atoms with E-state index in [0.717, 1.165) is 17.7 Å². The van der Waals surface area contributed by atoms with Gasteiger partial charge >= 0.3 is 0 Å². The van der Waals surface area contributed by atoms with E-state index >= 15 is 0 Å². The number of rotatable bonds is 8. The number of nitrogens with zero attached hydrogens (tertiary/aromatic N) is 1. The van der Waals surface area contributed by atoms with Crippen LogP contribution in [0, 0.1) is 0 Å². The predicted octanol–water partition coefficient (Wildman–Crippen LogP) is 4.49. The average molecular weight is 461 g/mol. The minimum absolute atomic E-state index is 0.0385. The van der Waals surface area contributed by atoms with Crippen molar-refractivity contribution in [1.82, 2.24) is 0 Å². The van der Waals surface area contributed by atoms with E-state index in [9.17, 15) is 9.59 Å². The number of hydrogen-bond acceptors (Lipinski definition) is 5. The number of hydrogen-bond donors (Lipinski definition) is 1. The zero-order chi connectivity index (χ0) is 24.1. The van der Waals surface area contributed by atoms with Crippen molar-refractivity contribution < 1.29 is 23.8 Å². The molecular weight excluding hydrogens is 432 g/mol. The van der Waals surface area contributed by atoms with Gasteiger partial charge in [0.1, 0.15) is 0 Å². The Morgan fingerprint density at radius 2 is 1.62 bits per heavy atom. The molecule has 0 bridgehead atoms. The number of aryl methyl sites for hydroxylation is 1. The lowest BCUT2D eigenvalue weighted by atomic mass is 10.1. The summed E-state index contributed by atoms with van der Waals surface area (Å²) in [6, 6.07) is 18.6. The van der Waals surface area contributed by atoms with Crippen molar-refractivity contribution in [3.8, 4) is 17.2 Å². The third kappa shape index (κ3) is 4.69. The molecule has 3 aromatic rings. The Bertz CT molecular complexity index is 1190. The summed E-state index contributed by atoms with van der Waals surface area (Å²) in [5.74, 6) is 1.46. The molecule has 34 heavy (non-hydrogen) atoms. The number of amides is 2. The van der Waals surface area contributed by atoms with Gasteiger partial charge in [-0.1, -0.05) is 24.3 Å². The van der Waals surface area contributed by atoms with Gasteiger partial charge in [0.15, 0.2) is 11.5 Å². The van der Waals surface area contributed by atoms with Gasteiger partial charge in [-0.3, -0.25) is 9.59 Å². The first kappa shape index (κ1) is 23.2. The maximum atomic E-state index is 13.0. The van der Waals surface area contributed by atoms with Gasteiger partial charge in [-0.05, 0) is 60.4 Å². The molecule has 0 spiro atoms. The highest BCUT2D eigenvalue weighted by atomic mass is 16.5. The molecule has 0 radical (unpaired) electrons. The van der Waals surface area contributed by atoms with E-state index in [4.69, 9.17) is 14.2 Å². The molecule has 4 rings (SSSR count). The van der Waals surface area contributed by atoms with E-state index in [-0.39, 0.29) is 18.2 Å². The van der Waals surface area contributed by atoms with Crippen LogP contribution < -0.4 is 24.4 Å². The molecule has 3 aromatic carbocycles. The van der Waals surface area contributed by atoms with Gasteiger partial charge in [0.05, 0.1) is 21.3 Å². The van der Waals surface area contributed by atoms with Crippen LogP contribution in [0.4, 0.5) is 11.4 Å². The molecule has 7 heteroatoms. The van der Waals surface area contributed by atoms with E-state index in [1.807, 2.05) is 24.3 Å². The maximum Gasteiger partial charge on any atom is 0.258 e. The van der Waals surface area contributed by atoms with Crippen molar-refractivity contribution in [3.63, 3.8) is 0 Å². The molecule has 0 atom stereocenters. The number of anilines is 2. The Morgan fingerprint density at radius 1 is 0.882 bits per heavy atom. The average Bonchev–Trinajstić information content (AvgIpc) is 3.31. The van der Waals surface area contributed by atoms with Crippen LogP contribution in [0.2, 0.25) is 0 Å². The first-order valence-electron chi connectivity index (χ1n) is 11.1. The Hall–Kier alpha value is -4.00. The highest BCUT2D eigenvalue weighted by molar-refractivity contribution is 6.07. The van der Waals surface area contributed by atoms with Crippen LogP contribution in [0.1, 0.15) is 27.9 Å². The lowest BCUT2D eigenvalue weighted by molar-refractivity contribution is -0.116. The van der Waals surface area contributed by atoms with Crippen LogP contribution in [-0.4, -0.2) is 39.7 Å². The highest BCUT2D eigenvalue weighted by Crippen LogP contribution is 2.40. The molecule has 176 valence electrons. The number of ether oxygens (including phenoxy) is 3. The Balaban J connectivity index is 1.37. The highest BCUT2D eigenvalue weighted by Gasteiger charge is 2.25. The van der Waals surface area contributed by atoms with Crippen LogP contribution in [0.3, 0.4) is 0 Å². The second kappa shape index (κ2) is 10.3. The summed E-state index contributed by atoms with van der Waals surface area (Å²) in [5.41, 5.74) is 4.23. The van der Waals surface area contributed by atoms with E-state index in [2.05, 4.69) is 11.4 Å². The Labute approximate surface area is 199 Å². The fourth-order valence-corrected chi connectivity index (χ4v) is 4.23. The van der Waals surface area contributed by atoms with E-state index in [0.29, 0.717) is 41.5 Å². The quantitative estimate of drug-likeness (QED) is 0.536. The number of methoxy groups -OCH3 is 3. The fraction of sp³-hybridized carbons (Fsp3) is 0.259. The van der Waals surface area contributed by atoms with E-state index < -0.39 is 0 Å². The van der Waals surface area contributed by atoms with Crippen molar-refractivity contribution >= 4 is 23.2 Å². The van der Waals surface area contributed by atoms with Crippen LogP contribution in [0.5, 0.6) is 17.2 Å². The summed E-state index contributed by atoms with van der Waals surface area (Å²) in [7, 11) is 4.67. The van der Waals surface area contributed by atoms with Crippen molar-refractivity contribution in [2.75, 3.05) is 38.1 Å². The molecule has 0 fully saturated rings. The first-order chi connectivity index (χ1) is 16.5. The molecule has 1 heterocycles. The SMILES string of the molecule is COc1ccc(CCC(=O)Nc2ccc(C(=O)N3CCc4ccccc43)cc2)c(OC)c1OC. The second-order valence-electron chi connectivity index (χ2n) is 7.95. The third-order valence-corrected chi connectivity index (χ3v) is 5.96. The van der Waals surface area contributed by atoms with E-state index in [1.54, 1.807) is 56.6 Å². The molecular formula is C27H28N2O5. The van der Waals surface area contributed by atoms with Gasteiger partial charge in [-0.15, -0.1) is 0 Å². The summed E-state index contributed by atoms with van der Waals surface area (Å²) in [6.07, 6.45) is 1.60. The molecule has 1 N–H and O–H groups in total. The number of benzene rings is 3. The summed E-state index contributed by atoms with van der Waals surface area (Å²) >= 11 is 0. The number of carbonyl (C=O) groups is 2. The van der Waals surface area contributed by atoms with Crippen LogP contribution in [0.15, 0.2) is 60.7 Å². The predicted molar refractivity (Wildman–Crippen MR) is 131 cm³/mol. The molecule has 2 amide bonds. The summed E-state index contributed by atoms with van der Waals surface area (Å²) < 4.78 is 16.2. The minimum atomic E-state index is -0.135. The molecule has 0 aliphatic carbocycles.